The van der Waals surface area contributed by atoms with Crippen molar-refractivity contribution in [3.63, 3.8) is 0 Å². The zero-order valence-electron chi connectivity index (χ0n) is 11.5. The zero-order valence-corrected chi connectivity index (χ0v) is 13.1. The highest BCUT2D eigenvalue weighted by Crippen LogP contribution is 2.32. The second-order valence-corrected chi connectivity index (χ2v) is 6.35. The third-order valence-corrected chi connectivity index (χ3v) is 4.64. The van der Waals surface area contributed by atoms with Crippen LogP contribution in [-0.4, -0.2) is 17.6 Å². The normalized spacial score (nSPS) is 16.9. The van der Waals surface area contributed by atoms with E-state index in [2.05, 4.69) is 29.7 Å². The molecule has 1 aromatic rings. The molecule has 4 nitrogen and oxygen atoms in total. The van der Waals surface area contributed by atoms with E-state index < -0.39 is 0 Å². The average molecular weight is 309 g/mol. The molecular weight excluding hydrogens is 290 g/mol. The molecule has 0 radical (unpaired) electrons. The van der Waals surface area contributed by atoms with Crippen LogP contribution in [0.25, 0.3) is 0 Å². The largest absolute Gasteiger partial charge is 0.358 e. The van der Waals surface area contributed by atoms with E-state index >= 15 is 0 Å². The fourth-order valence-electron chi connectivity index (χ4n) is 2.26. The van der Waals surface area contributed by atoms with Gasteiger partial charge in [0.25, 0.3) is 5.91 Å². The van der Waals surface area contributed by atoms with E-state index in [0.717, 1.165) is 24.8 Å². The highest BCUT2D eigenvalue weighted by atomic mass is 32.1. The van der Waals surface area contributed by atoms with Crippen molar-refractivity contribution in [1.82, 2.24) is 16.2 Å². The Balaban J connectivity index is 1.93. The number of hydrazine groups is 1. The van der Waals surface area contributed by atoms with Gasteiger partial charge >= 0.3 is 0 Å². The molecule has 0 spiro atoms. The Bertz CT molecular complexity index is 524. The molecule has 0 aliphatic heterocycles. The van der Waals surface area contributed by atoms with Crippen LogP contribution in [0, 0.1) is 5.92 Å². The number of fused-ring (bicyclic) bond motifs is 1. The molecule has 6 heteroatoms. The van der Waals surface area contributed by atoms with Crippen LogP contribution in [0.4, 0.5) is 0 Å². The summed E-state index contributed by atoms with van der Waals surface area (Å²) in [5.41, 5.74) is 7.31. The van der Waals surface area contributed by atoms with Crippen LogP contribution in [0.5, 0.6) is 0 Å². The SMILES string of the molecule is C=CCNC(=S)NNC(=O)c1csc2c1CCC(C)C2. The van der Waals surface area contributed by atoms with Crippen molar-refractivity contribution in [2.45, 2.75) is 26.2 Å². The van der Waals surface area contributed by atoms with Crippen LogP contribution in [0.1, 0.15) is 34.1 Å². The van der Waals surface area contributed by atoms with E-state index in [-0.39, 0.29) is 5.91 Å². The number of thiocarbonyl (C=S) groups is 1. The second-order valence-electron chi connectivity index (χ2n) is 4.98. The molecular formula is C14H19N3OS2. The molecule has 1 aromatic heterocycles. The highest BCUT2D eigenvalue weighted by molar-refractivity contribution is 7.80. The van der Waals surface area contributed by atoms with Gasteiger partial charge in [0.05, 0.1) is 5.56 Å². The molecule has 0 aromatic carbocycles. The number of nitrogens with one attached hydrogen (secondary N) is 3. The van der Waals surface area contributed by atoms with Crippen LogP contribution >= 0.6 is 23.6 Å². The number of carbonyl (C=O) groups excluding carboxylic acids is 1. The standard InChI is InChI=1S/C14H19N3OS2/c1-3-6-15-14(19)17-16-13(18)11-8-20-12-7-9(2)4-5-10(11)12/h3,8-9H,1,4-7H2,2H3,(H,16,18)(H2,15,17,19). The summed E-state index contributed by atoms with van der Waals surface area (Å²) in [5, 5.41) is 5.22. The predicted octanol–water partition coefficient (Wildman–Crippen LogP) is 2.17. The Hall–Kier alpha value is -1.40. The molecule has 0 saturated carbocycles. The first-order chi connectivity index (χ1) is 9.61. The first-order valence-electron chi connectivity index (χ1n) is 6.66. The molecule has 1 aliphatic rings. The predicted molar refractivity (Wildman–Crippen MR) is 86.9 cm³/mol. The molecule has 108 valence electrons. The Kier molecular flexibility index (Phi) is 5.14. The third-order valence-electron chi connectivity index (χ3n) is 3.34. The van der Waals surface area contributed by atoms with Gasteiger partial charge in [0.1, 0.15) is 0 Å². The fraction of sp³-hybridized carbons (Fsp3) is 0.429. The highest BCUT2D eigenvalue weighted by Gasteiger charge is 2.23. The van der Waals surface area contributed by atoms with Gasteiger partial charge in [-0.1, -0.05) is 13.0 Å². The lowest BCUT2D eigenvalue weighted by Crippen LogP contribution is -2.46. The van der Waals surface area contributed by atoms with Crippen molar-refractivity contribution in [2.24, 2.45) is 5.92 Å². The number of thiophene rings is 1. The van der Waals surface area contributed by atoms with Gasteiger partial charge in [-0.25, -0.2) is 0 Å². The summed E-state index contributed by atoms with van der Waals surface area (Å²) in [5.74, 6) is 0.589. The minimum Gasteiger partial charge on any atom is -0.358 e. The summed E-state index contributed by atoms with van der Waals surface area (Å²) in [6.07, 6.45) is 4.92. The fourth-order valence-corrected chi connectivity index (χ4v) is 3.64. The molecule has 1 atom stereocenters. The van der Waals surface area contributed by atoms with Crippen molar-refractivity contribution in [2.75, 3.05) is 6.54 Å². The molecule has 3 N–H and O–H groups in total. The molecule has 0 bridgehead atoms. The van der Waals surface area contributed by atoms with Crippen molar-refractivity contribution in [3.05, 3.63) is 34.0 Å². The summed E-state index contributed by atoms with van der Waals surface area (Å²) >= 11 is 6.70. The van der Waals surface area contributed by atoms with Gasteiger partial charge in [-0.3, -0.25) is 15.6 Å². The minimum absolute atomic E-state index is 0.125. The van der Waals surface area contributed by atoms with E-state index in [1.165, 1.54) is 10.4 Å². The van der Waals surface area contributed by atoms with Gasteiger partial charge in [0.2, 0.25) is 0 Å². The van der Waals surface area contributed by atoms with Gasteiger partial charge < -0.3 is 5.32 Å². The lowest BCUT2D eigenvalue weighted by Gasteiger charge is -2.19. The first-order valence-corrected chi connectivity index (χ1v) is 7.95. The van der Waals surface area contributed by atoms with E-state index in [9.17, 15) is 4.79 Å². The maximum absolute atomic E-state index is 12.2. The number of hydrogen-bond donors (Lipinski definition) is 3. The smallest absolute Gasteiger partial charge is 0.270 e. The molecule has 1 heterocycles. The van der Waals surface area contributed by atoms with Crippen LogP contribution < -0.4 is 16.2 Å². The van der Waals surface area contributed by atoms with E-state index in [4.69, 9.17) is 12.2 Å². The second kappa shape index (κ2) is 6.85. The molecule has 2 rings (SSSR count). The molecule has 20 heavy (non-hydrogen) atoms. The number of rotatable bonds is 3. The molecule has 1 amide bonds. The maximum atomic E-state index is 12.2. The van der Waals surface area contributed by atoms with Gasteiger partial charge in [-0.05, 0) is 43.0 Å². The number of amides is 1. The van der Waals surface area contributed by atoms with Gasteiger partial charge in [-0.15, -0.1) is 17.9 Å². The average Bonchev–Trinajstić information content (AvgIpc) is 2.85. The zero-order chi connectivity index (χ0) is 14.5. The maximum Gasteiger partial charge on any atom is 0.270 e. The van der Waals surface area contributed by atoms with Crippen LogP contribution in [-0.2, 0) is 12.8 Å². The Morgan fingerprint density at radius 1 is 1.60 bits per heavy atom. The Morgan fingerprint density at radius 2 is 2.40 bits per heavy atom. The first kappa shape index (κ1) is 15.0. The summed E-state index contributed by atoms with van der Waals surface area (Å²) in [7, 11) is 0. The van der Waals surface area contributed by atoms with Gasteiger partial charge in [-0.2, -0.15) is 0 Å². The van der Waals surface area contributed by atoms with E-state index in [1.807, 2.05) is 5.38 Å². The summed E-state index contributed by atoms with van der Waals surface area (Å²) in [6, 6.07) is 0. The lowest BCUT2D eigenvalue weighted by molar-refractivity contribution is 0.0943. The topological polar surface area (TPSA) is 53.2 Å². The Labute approximate surface area is 128 Å². The minimum atomic E-state index is -0.125. The molecule has 0 saturated heterocycles. The van der Waals surface area contributed by atoms with Crippen LogP contribution in [0.2, 0.25) is 0 Å². The van der Waals surface area contributed by atoms with Crippen molar-refractivity contribution in [3.8, 4) is 0 Å². The van der Waals surface area contributed by atoms with Crippen molar-refractivity contribution < 1.29 is 4.79 Å². The summed E-state index contributed by atoms with van der Waals surface area (Å²) < 4.78 is 0. The molecule has 1 aliphatic carbocycles. The summed E-state index contributed by atoms with van der Waals surface area (Å²) in [6.45, 7) is 6.41. The van der Waals surface area contributed by atoms with Gasteiger partial charge in [0, 0.05) is 16.8 Å². The third kappa shape index (κ3) is 3.58. The number of hydrogen-bond acceptors (Lipinski definition) is 3. The van der Waals surface area contributed by atoms with Gasteiger partial charge in [0.15, 0.2) is 5.11 Å². The number of carbonyl (C=O) groups is 1. The quantitative estimate of drug-likeness (QED) is 0.455. The molecule has 1 unspecified atom stereocenters. The van der Waals surface area contributed by atoms with Crippen molar-refractivity contribution in [1.29, 1.82) is 0 Å². The summed E-state index contributed by atoms with van der Waals surface area (Å²) in [4.78, 5) is 13.5. The Morgan fingerprint density at radius 3 is 3.15 bits per heavy atom. The van der Waals surface area contributed by atoms with E-state index in [1.54, 1.807) is 17.4 Å². The van der Waals surface area contributed by atoms with E-state index in [0.29, 0.717) is 17.6 Å². The monoisotopic (exact) mass is 309 g/mol. The lowest BCUT2D eigenvalue weighted by atomic mass is 9.88. The molecule has 0 fully saturated rings. The van der Waals surface area contributed by atoms with Crippen LogP contribution in [0.15, 0.2) is 18.0 Å². The van der Waals surface area contributed by atoms with Crippen LogP contribution in [0.3, 0.4) is 0 Å². The van der Waals surface area contributed by atoms with Crippen molar-refractivity contribution >= 4 is 34.6 Å².